The van der Waals surface area contributed by atoms with Crippen LogP contribution in [0, 0.1) is 11.6 Å². The first kappa shape index (κ1) is 11.4. The number of hydrogen-bond acceptors (Lipinski definition) is 3. The van der Waals surface area contributed by atoms with Crippen molar-refractivity contribution in [3.63, 3.8) is 0 Å². The second-order valence-electron chi connectivity index (χ2n) is 2.52. The van der Waals surface area contributed by atoms with Crippen LogP contribution in [0.15, 0.2) is 10.5 Å². The number of rotatable bonds is 3. The summed E-state index contributed by atoms with van der Waals surface area (Å²) in [6.45, 7) is 0.0120. The van der Waals surface area contributed by atoms with Gasteiger partial charge in [-0.3, -0.25) is 0 Å². The maximum absolute atomic E-state index is 13.1. The molecule has 0 unspecified atom stereocenters. The highest BCUT2D eigenvalue weighted by Crippen LogP contribution is 2.30. The minimum absolute atomic E-state index is 0.0120. The number of hydroxylamine groups is 1. The third-order valence-corrected chi connectivity index (χ3v) is 2.22. The van der Waals surface area contributed by atoms with E-state index in [2.05, 4.69) is 26.2 Å². The molecule has 0 radical (unpaired) electrons. The predicted octanol–water partition coefficient (Wildman–Crippen LogP) is 2.08. The van der Waals surface area contributed by atoms with Crippen LogP contribution in [0.2, 0.25) is 0 Å². The smallest absolute Gasteiger partial charge is 0.201 e. The van der Waals surface area contributed by atoms with E-state index in [0.29, 0.717) is 0 Å². The van der Waals surface area contributed by atoms with Crippen LogP contribution in [0.5, 0.6) is 5.75 Å². The van der Waals surface area contributed by atoms with Crippen LogP contribution in [-0.4, -0.2) is 12.2 Å². The molecule has 78 valence electrons. The summed E-state index contributed by atoms with van der Waals surface area (Å²) in [7, 11) is 1.36. The molecule has 0 saturated carbocycles. The molecule has 0 aromatic heterocycles. The topological polar surface area (TPSA) is 41.5 Å². The fraction of sp³-hybridized carbons (Fsp3) is 0.250. The van der Waals surface area contributed by atoms with E-state index in [1.165, 1.54) is 13.2 Å². The lowest BCUT2D eigenvalue weighted by molar-refractivity contribution is 0.0857. The Balaban J connectivity index is 3.06. The maximum atomic E-state index is 13.1. The SMILES string of the molecule is CONCc1cc(Br)c(O)c(F)c1F. The molecule has 0 heterocycles. The molecule has 0 atom stereocenters. The van der Waals surface area contributed by atoms with Gasteiger partial charge in [-0.25, -0.2) is 4.39 Å². The molecule has 0 aliphatic rings. The Morgan fingerprint density at radius 2 is 2.14 bits per heavy atom. The van der Waals surface area contributed by atoms with Crippen LogP contribution < -0.4 is 5.48 Å². The second-order valence-corrected chi connectivity index (χ2v) is 3.37. The van der Waals surface area contributed by atoms with Crippen LogP contribution in [0.25, 0.3) is 0 Å². The average molecular weight is 268 g/mol. The highest BCUT2D eigenvalue weighted by atomic mass is 79.9. The van der Waals surface area contributed by atoms with Crippen LogP contribution >= 0.6 is 15.9 Å². The van der Waals surface area contributed by atoms with E-state index in [1.54, 1.807) is 0 Å². The highest BCUT2D eigenvalue weighted by Gasteiger charge is 2.16. The molecule has 6 heteroatoms. The van der Waals surface area contributed by atoms with Gasteiger partial charge in [0.15, 0.2) is 11.6 Å². The van der Waals surface area contributed by atoms with Crippen LogP contribution in [0.1, 0.15) is 5.56 Å². The van der Waals surface area contributed by atoms with E-state index in [0.717, 1.165) is 0 Å². The number of hydrogen-bond donors (Lipinski definition) is 2. The van der Waals surface area contributed by atoms with Crippen molar-refractivity contribution in [3.8, 4) is 5.75 Å². The first-order chi connectivity index (χ1) is 6.57. The molecule has 1 rings (SSSR count). The second kappa shape index (κ2) is 4.68. The molecule has 1 aromatic carbocycles. The fourth-order valence-electron chi connectivity index (χ4n) is 0.913. The molecule has 0 amide bonds. The first-order valence-electron chi connectivity index (χ1n) is 3.69. The molecular formula is C8H8BrF2NO2. The van der Waals surface area contributed by atoms with E-state index >= 15 is 0 Å². The van der Waals surface area contributed by atoms with Crippen molar-refractivity contribution in [1.82, 2.24) is 5.48 Å². The maximum Gasteiger partial charge on any atom is 0.201 e. The Labute approximate surface area is 87.8 Å². The van der Waals surface area contributed by atoms with E-state index < -0.39 is 17.4 Å². The number of aromatic hydroxyl groups is 1. The molecule has 0 saturated heterocycles. The van der Waals surface area contributed by atoms with Crippen molar-refractivity contribution in [3.05, 3.63) is 27.7 Å². The summed E-state index contributed by atoms with van der Waals surface area (Å²) in [5.74, 6) is -3.09. The molecule has 0 aliphatic heterocycles. The van der Waals surface area contributed by atoms with Gasteiger partial charge in [0.1, 0.15) is 0 Å². The summed E-state index contributed by atoms with van der Waals surface area (Å²) in [6.07, 6.45) is 0. The van der Waals surface area contributed by atoms with Crippen molar-refractivity contribution in [2.75, 3.05) is 7.11 Å². The molecule has 0 spiro atoms. The number of phenols is 1. The standard InChI is InChI=1S/C8H8BrF2NO2/c1-14-12-3-4-2-5(9)8(13)7(11)6(4)10/h2,12-13H,3H2,1H3. The third kappa shape index (κ3) is 2.20. The van der Waals surface area contributed by atoms with Gasteiger partial charge in [0.05, 0.1) is 11.6 Å². The molecule has 14 heavy (non-hydrogen) atoms. The lowest BCUT2D eigenvalue weighted by Gasteiger charge is -2.07. The van der Waals surface area contributed by atoms with Gasteiger partial charge >= 0.3 is 0 Å². The monoisotopic (exact) mass is 267 g/mol. The molecule has 1 aromatic rings. The van der Waals surface area contributed by atoms with Gasteiger partial charge in [0.2, 0.25) is 5.82 Å². The van der Waals surface area contributed by atoms with Gasteiger partial charge in [0, 0.05) is 12.1 Å². The predicted molar refractivity (Wildman–Crippen MR) is 49.6 cm³/mol. The minimum Gasteiger partial charge on any atom is -0.504 e. The Bertz CT molecular complexity index is 347. The van der Waals surface area contributed by atoms with Gasteiger partial charge in [-0.2, -0.15) is 9.87 Å². The zero-order chi connectivity index (χ0) is 10.7. The molecule has 0 fully saturated rings. The van der Waals surface area contributed by atoms with Crippen molar-refractivity contribution in [2.45, 2.75) is 6.54 Å². The number of phenolic OH excluding ortho intramolecular Hbond substituents is 1. The first-order valence-corrected chi connectivity index (χ1v) is 4.48. The Hall–Kier alpha value is -0.720. The summed E-state index contributed by atoms with van der Waals surface area (Å²) in [6, 6.07) is 1.28. The number of benzene rings is 1. The Morgan fingerprint density at radius 1 is 1.50 bits per heavy atom. The summed E-state index contributed by atoms with van der Waals surface area (Å²) < 4.78 is 26.2. The Morgan fingerprint density at radius 3 is 2.71 bits per heavy atom. The molecule has 0 aliphatic carbocycles. The molecular weight excluding hydrogens is 260 g/mol. The minimum atomic E-state index is -1.27. The summed E-state index contributed by atoms with van der Waals surface area (Å²) in [5.41, 5.74) is 2.43. The third-order valence-electron chi connectivity index (χ3n) is 1.62. The van der Waals surface area contributed by atoms with Crippen molar-refractivity contribution in [2.24, 2.45) is 0 Å². The van der Waals surface area contributed by atoms with Gasteiger partial charge in [-0.15, -0.1) is 0 Å². The van der Waals surface area contributed by atoms with Crippen LogP contribution in [-0.2, 0) is 11.4 Å². The summed E-state index contributed by atoms with van der Waals surface area (Å²) in [4.78, 5) is 4.49. The van der Waals surface area contributed by atoms with E-state index in [-0.39, 0.29) is 16.6 Å². The average Bonchev–Trinajstić information content (AvgIpc) is 2.18. The van der Waals surface area contributed by atoms with Crippen molar-refractivity contribution < 1.29 is 18.7 Å². The van der Waals surface area contributed by atoms with Gasteiger partial charge in [-0.05, 0) is 22.0 Å². The summed E-state index contributed by atoms with van der Waals surface area (Å²) >= 11 is 2.90. The molecule has 2 N–H and O–H groups in total. The van der Waals surface area contributed by atoms with Gasteiger partial charge < -0.3 is 9.94 Å². The van der Waals surface area contributed by atoms with Crippen molar-refractivity contribution in [1.29, 1.82) is 0 Å². The molecule has 0 bridgehead atoms. The quantitative estimate of drug-likeness (QED) is 0.651. The lowest BCUT2D eigenvalue weighted by Crippen LogP contribution is -2.12. The van der Waals surface area contributed by atoms with E-state index in [9.17, 15) is 8.78 Å². The summed E-state index contributed by atoms with van der Waals surface area (Å²) in [5, 5.41) is 9.02. The number of nitrogens with one attached hydrogen (secondary N) is 1. The lowest BCUT2D eigenvalue weighted by atomic mass is 10.2. The normalized spacial score (nSPS) is 10.6. The molecule has 3 nitrogen and oxygen atoms in total. The fourth-order valence-corrected chi connectivity index (χ4v) is 1.36. The van der Waals surface area contributed by atoms with E-state index in [4.69, 9.17) is 5.11 Å². The van der Waals surface area contributed by atoms with Gasteiger partial charge in [0.25, 0.3) is 0 Å². The van der Waals surface area contributed by atoms with E-state index in [1.807, 2.05) is 0 Å². The van der Waals surface area contributed by atoms with Gasteiger partial charge in [-0.1, -0.05) is 0 Å². The number of halogens is 3. The highest BCUT2D eigenvalue weighted by molar-refractivity contribution is 9.10. The Kier molecular flexibility index (Phi) is 3.79. The zero-order valence-electron chi connectivity index (χ0n) is 7.27. The van der Waals surface area contributed by atoms with Crippen molar-refractivity contribution >= 4 is 15.9 Å². The van der Waals surface area contributed by atoms with Crippen LogP contribution in [0.4, 0.5) is 8.78 Å². The van der Waals surface area contributed by atoms with Crippen LogP contribution in [0.3, 0.4) is 0 Å². The zero-order valence-corrected chi connectivity index (χ0v) is 8.86. The largest absolute Gasteiger partial charge is 0.504 e.